The summed E-state index contributed by atoms with van der Waals surface area (Å²) in [5, 5.41) is 3.36. The van der Waals surface area contributed by atoms with E-state index in [1.165, 1.54) is 6.92 Å². The van der Waals surface area contributed by atoms with Crippen molar-refractivity contribution in [2.75, 3.05) is 16.8 Å². The first-order chi connectivity index (χ1) is 11.5. The highest BCUT2D eigenvalue weighted by atomic mass is 35.5. The van der Waals surface area contributed by atoms with Crippen LogP contribution in [0.25, 0.3) is 0 Å². The molecule has 0 saturated carbocycles. The van der Waals surface area contributed by atoms with Gasteiger partial charge in [0.2, 0.25) is 5.91 Å². The van der Waals surface area contributed by atoms with Crippen molar-refractivity contribution in [3.63, 3.8) is 0 Å². The van der Waals surface area contributed by atoms with Crippen molar-refractivity contribution in [1.82, 2.24) is 0 Å². The lowest BCUT2D eigenvalue weighted by atomic mass is 10.1. The molecule has 2 aromatic rings. The van der Waals surface area contributed by atoms with Gasteiger partial charge < -0.3 is 15.0 Å². The first-order valence-electron chi connectivity index (χ1n) is 7.56. The molecular formula is C18H17ClN2O3. The lowest BCUT2D eigenvalue weighted by Gasteiger charge is -2.33. The van der Waals surface area contributed by atoms with Gasteiger partial charge in [-0.15, -0.1) is 0 Å². The molecule has 0 aromatic heterocycles. The summed E-state index contributed by atoms with van der Waals surface area (Å²) in [6, 6.07) is 12.5. The summed E-state index contributed by atoms with van der Waals surface area (Å²) < 4.78 is 5.78. The van der Waals surface area contributed by atoms with Crippen molar-refractivity contribution in [3.8, 4) is 5.75 Å². The molecule has 124 valence electrons. The number of para-hydroxylation sites is 2. The first kappa shape index (κ1) is 16.3. The van der Waals surface area contributed by atoms with Crippen molar-refractivity contribution in [3.05, 3.63) is 53.1 Å². The minimum absolute atomic E-state index is 0.137. The summed E-state index contributed by atoms with van der Waals surface area (Å²) in [7, 11) is 0. The van der Waals surface area contributed by atoms with Crippen LogP contribution in [0.4, 0.5) is 11.4 Å². The number of carbonyl (C=O) groups is 2. The van der Waals surface area contributed by atoms with E-state index < -0.39 is 6.10 Å². The van der Waals surface area contributed by atoms with Gasteiger partial charge >= 0.3 is 0 Å². The van der Waals surface area contributed by atoms with E-state index >= 15 is 0 Å². The molecule has 0 bridgehead atoms. The predicted octanol–water partition coefficient (Wildman–Crippen LogP) is 3.40. The maximum absolute atomic E-state index is 12.6. The molecule has 0 unspecified atom stereocenters. The summed E-state index contributed by atoms with van der Waals surface area (Å²) in [5.74, 6) is 0.0607. The molecule has 1 aliphatic rings. The summed E-state index contributed by atoms with van der Waals surface area (Å²) in [5.41, 5.74) is 2.20. The fourth-order valence-electron chi connectivity index (χ4n) is 2.61. The van der Waals surface area contributed by atoms with Crippen LogP contribution in [0.2, 0.25) is 5.02 Å². The minimum atomic E-state index is -0.790. The molecule has 1 heterocycles. The molecule has 24 heavy (non-hydrogen) atoms. The number of benzene rings is 2. The number of amides is 2. The Kier molecular flexibility index (Phi) is 4.44. The lowest BCUT2D eigenvalue weighted by molar-refractivity contribution is -0.123. The van der Waals surface area contributed by atoms with E-state index in [1.54, 1.807) is 35.2 Å². The zero-order valence-electron chi connectivity index (χ0n) is 13.4. The Hall–Kier alpha value is -2.53. The van der Waals surface area contributed by atoms with Crippen molar-refractivity contribution in [2.45, 2.75) is 20.0 Å². The molecule has 2 amide bonds. The average molecular weight is 345 g/mol. The Labute approximate surface area is 145 Å². The molecule has 0 spiro atoms. The zero-order valence-corrected chi connectivity index (χ0v) is 14.1. The number of rotatable bonds is 2. The Morgan fingerprint density at radius 1 is 1.25 bits per heavy atom. The Bertz CT molecular complexity index is 807. The van der Waals surface area contributed by atoms with Crippen LogP contribution >= 0.6 is 11.6 Å². The van der Waals surface area contributed by atoms with E-state index in [4.69, 9.17) is 16.3 Å². The molecule has 1 aliphatic heterocycles. The molecule has 0 radical (unpaired) electrons. The van der Waals surface area contributed by atoms with Gasteiger partial charge in [-0.3, -0.25) is 9.59 Å². The van der Waals surface area contributed by atoms with Crippen molar-refractivity contribution in [2.24, 2.45) is 0 Å². The second-order valence-electron chi connectivity index (χ2n) is 5.65. The molecule has 0 saturated heterocycles. The summed E-state index contributed by atoms with van der Waals surface area (Å²) in [6.07, 6.45) is -0.790. The molecule has 6 heteroatoms. The van der Waals surface area contributed by atoms with Gasteiger partial charge in [0.25, 0.3) is 5.91 Å². The molecule has 5 nitrogen and oxygen atoms in total. The van der Waals surface area contributed by atoms with Crippen LogP contribution in [0.15, 0.2) is 42.5 Å². The molecule has 1 atom stereocenters. The fourth-order valence-corrected chi connectivity index (χ4v) is 2.78. The van der Waals surface area contributed by atoms with Crippen molar-refractivity contribution >= 4 is 34.8 Å². The largest absolute Gasteiger partial charge is 0.476 e. The number of anilines is 2. The van der Waals surface area contributed by atoms with Crippen molar-refractivity contribution in [1.29, 1.82) is 0 Å². The second kappa shape index (κ2) is 6.53. The summed E-state index contributed by atoms with van der Waals surface area (Å²) in [6.45, 7) is 3.51. The van der Waals surface area contributed by atoms with Gasteiger partial charge in [0.1, 0.15) is 5.75 Å². The number of aryl methyl sites for hydroxylation is 1. The van der Waals surface area contributed by atoms with Gasteiger partial charge in [-0.05, 0) is 36.8 Å². The lowest BCUT2D eigenvalue weighted by Crippen LogP contribution is -2.48. The zero-order chi connectivity index (χ0) is 17.3. The number of nitrogens with one attached hydrogen (secondary N) is 1. The predicted molar refractivity (Wildman–Crippen MR) is 93.7 cm³/mol. The highest BCUT2D eigenvalue weighted by Crippen LogP contribution is 2.33. The van der Waals surface area contributed by atoms with Crippen molar-refractivity contribution < 1.29 is 14.3 Å². The van der Waals surface area contributed by atoms with Crippen LogP contribution < -0.4 is 15.0 Å². The molecular weight excluding hydrogens is 328 g/mol. The maximum atomic E-state index is 12.6. The van der Waals surface area contributed by atoms with Crippen LogP contribution in [-0.4, -0.2) is 24.5 Å². The monoisotopic (exact) mass is 344 g/mol. The third kappa shape index (κ3) is 3.21. The molecule has 0 aliphatic carbocycles. The van der Waals surface area contributed by atoms with Crippen LogP contribution in [0.3, 0.4) is 0 Å². The van der Waals surface area contributed by atoms with Gasteiger partial charge in [0.05, 0.1) is 12.2 Å². The van der Waals surface area contributed by atoms with Gasteiger partial charge in [-0.2, -0.15) is 0 Å². The smallest absolute Gasteiger partial charge is 0.267 e. The quantitative estimate of drug-likeness (QED) is 0.908. The van der Waals surface area contributed by atoms with Crippen LogP contribution in [0, 0.1) is 6.92 Å². The van der Waals surface area contributed by atoms with Crippen LogP contribution in [0.5, 0.6) is 5.75 Å². The molecule has 0 fully saturated rings. The van der Waals surface area contributed by atoms with E-state index in [0.717, 1.165) is 5.56 Å². The second-order valence-corrected chi connectivity index (χ2v) is 6.09. The number of hydrogen-bond donors (Lipinski definition) is 1. The number of halogens is 1. The van der Waals surface area contributed by atoms with E-state index in [0.29, 0.717) is 22.1 Å². The minimum Gasteiger partial charge on any atom is -0.476 e. The number of ether oxygens (including phenoxy) is 1. The maximum Gasteiger partial charge on any atom is 0.267 e. The molecule has 3 rings (SSSR count). The number of hydrogen-bond acceptors (Lipinski definition) is 3. The van der Waals surface area contributed by atoms with E-state index in [2.05, 4.69) is 5.32 Å². The number of nitrogens with zero attached hydrogens (tertiary/aromatic N) is 1. The van der Waals surface area contributed by atoms with Gasteiger partial charge in [-0.1, -0.05) is 29.8 Å². The van der Waals surface area contributed by atoms with Gasteiger partial charge in [0, 0.05) is 17.6 Å². The normalized spacial score (nSPS) is 16.1. The third-order valence-corrected chi connectivity index (χ3v) is 4.14. The van der Waals surface area contributed by atoms with E-state index in [1.807, 2.05) is 19.1 Å². The molecule has 1 N–H and O–H groups in total. The van der Waals surface area contributed by atoms with Gasteiger partial charge in [-0.25, -0.2) is 0 Å². The molecule has 2 aromatic carbocycles. The standard InChI is InChI=1S/C18H17ClN2O3/c1-11-7-8-13(19)9-14(11)20-18(23)17-10-21(12(2)22)15-5-3-4-6-16(15)24-17/h3-9,17H,10H2,1-2H3,(H,20,23)/t17-/m1/s1. The van der Waals surface area contributed by atoms with Gasteiger partial charge in [0.15, 0.2) is 6.10 Å². The van der Waals surface area contributed by atoms with E-state index in [9.17, 15) is 9.59 Å². The summed E-state index contributed by atoms with van der Waals surface area (Å²) >= 11 is 5.98. The average Bonchev–Trinajstić information content (AvgIpc) is 2.57. The highest BCUT2D eigenvalue weighted by molar-refractivity contribution is 6.31. The summed E-state index contributed by atoms with van der Waals surface area (Å²) in [4.78, 5) is 26.0. The Morgan fingerprint density at radius 3 is 2.75 bits per heavy atom. The SMILES string of the molecule is CC(=O)N1C[C@H](C(=O)Nc2cc(Cl)ccc2C)Oc2ccccc21. The number of fused-ring (bicyclic) bond motifs is 1. The highest BCUT2D eigenvalue weighted by Gasteiger charge is 2.32. The van der Waals surface area contributed by atoms with Crippen LogP contribution in [0.1, 0.15) is 12.5 Å². The topological polar surface area (TPSA) is 58.6 Å². The number of carbonyl (C=O) groups excluding carboxylic acids is 2. The Balaban J connectivity index is 1.84. The van der Waals surface area contributed by atoms with E-state index in [-0.39, 0.29) is 18.4 Å². The third-order valence-electron chi connectivity index (χ3n) is 3.90. The fraction of sp³-hybridized carbons (Fsp3) is 0.222. The first-order valence-corrected chi connectivity index (χ1v) is 7.94. The van der Waals surface area contributed by atoms with Crippen LogP contribution in [-0.2, 0) is 9.59 Å². The Morgan fingerprint density at radius 2 is 2.00 bits per heavy atom.